The van der Waals surface area contributed by atoms with Gasteiger partial charge in [-0.15, -0.1) is 0 Å². The van der Waals surface area contributed by atoms with Crippen molar-refractivity contribution in [3.8, 4) is 11.5 Å². The van der Waals surface area contributed by atoms with Gasteiger partial charge in [0.15, 0.2) is 11.5 Å². The number of carbonyl (C=O) groups is 1. The molecule has 2 fully saturated rings. The number of aromatic hydroxyl groups is 1. The number of aliphatic hydroxyl groups excluding tert-OH is 1. The highest BCUT2D eigenvalue weighted by Gasteiger charge is 2.37. The Morgan fingerprint density at radius 2 is 2.00 bits per heavy atom. The first-order valence-corrected chi connectivity index (χ1v) is 9.60. The van der Waals surface area contributed by atoms with Crippen LogP contribution in [0.4, 0.5) is 0 Å². The fourth-order valence-corrected chi connectivity index (χ4v) is 4.37. The predicted molar refractivity (Wildman–Crippen MR) is 98.1 cm³/mol. The molecular weight excluding hydrogens is 388 g/mol. The van der Waals surface area contributed by atoms with Crippen molar-refractivity contribution in [3.05, 3.63) is 22.2 Å². The van der Waals surface area contributed by atoms with E-state index in [4.69, 9.17) is 4.74 Å². The van der Waals surface area contributed by atoms with E-state index >= 15 is 0 Å². The Bertz CT molecular complexity index is 634. The predicted octanol–water partition coefficient (Wildman–Crippen LogP) is 2.27. The van der Waals surface area contributed by atoms with Crippen molar-refractivity contribution in [2.45, 2.75) is 50.3 Å². The largest absolute Gasteiger partial charge is 0.504 e. The average Bonchev–Trinajstić information content (AvgIpc) is 3.12. The number of hydrogen-bond acceptors (Lipinski definition) is 5. The van der Waals surface area contributed by atoms with Gasteiger partial charge in [0.25, 0.3) is 5.91 Å². The number of halogens is 1. The number of hydrogen-bond donors (Lipinski definition) is 3. The number of methoxy groups -OCH3 is 1. The van der Waals surface area contributed by atoms with Crippen LogP contribution in [-0.2, 0) is 0 Å². The van der Waals surface area contributed by atoms with Gasteiger partial charge >= 0.3 is 0 Å². The second-order valence-corrected chi connectivity index (χ2v) is 7.73. The number of amides is 1. The van der Waals surface area contributed by atoms with E-state index in [1.165, 1.54) is 20.0 Å². The summed E-state index contributed by atoms with van der Waals surface area (Å²) in [6, 6.07) is 2.95. The molecule has 1 aromatic carbocycles. The van der Waals surface area contributed by atoms with Gasteiger partial charge in [-0.2, -0.15) is 0 Å². The summed E-state index contributed by atoms with van der Waals surface area (Å²) >= 11 is 3.32. The summed E-state index contributed by atoms with van der Waals surface area (Å²) in [5.74, 6) is -0.355. The number of rotatable bonds is 4. The van der Waals surface area contributed by atoms with E-state index in [2.05, 4.69) is 26.1 Å². The van der Waals surface area contributed by atoms with Gasteiger partial charge in [-0.1, -0.05) is 15.9 Å². The number of phenols is 1. The van der Waals surface area contributed by atoms with E-state index in [1.54, 1.807) is 12.1 Å². The molecule has 1 aliphatic heterocycles. The number of nitrogens with one attached hydrogen (secondary N) is 1. The quantitative estimate of drug-likeness (QED) is 0.706. The van der Waals surface area contributed by atoms with Crippen LogP contribution in [0.1, 0.15) is 42.5 Å². The lowest BCUT2D eigenvalue weighted by atomic mass is 9.87. The van der Waals surface area contributed by atoms with Crippen LogP contribution in [0.2, 0.25) is 0 Å². The summed E-state index contributed by atoms with van der Waals surface area (Å²) in [5.41, 5.74) is 0.140. The average molecular weight is 413 g/mol. The van der Waals surface area contributed by atoms with E-state index in [1.807, 2.05) is 0 Å². The molecule has 1 saturated carbocycles. The van der Waals surface area contributed by atoms with E-state index < -0.39 is 12.0 Å². The second-order valence-electron chi connectivity index (χ2n) is 6.82. The van der Waals surface area contributed by atoms with Crippen molar-refractivity contribution >= 4 is 21.8 Å². The Kier molecular flexibility index (Phi) is 5.86. The highest BCUT2D eigenvalue weighted by atomic mass is 79.9. The second kappa shape index (κ2) is 7.93. The van der Waals surface area contributed by atoms with Gasteiger partial charge in [-0.05, 0) is 57.3 Å². The fourth-order valence-electron chi connectivity index (χ4n) is 3.93. The molecule has 3 rings (SSSR count). The smallest absolute Gasteiger partial charge is 0.255 e. The molecule has 1 amide bonds. The topological polar surface area (TPSA) is 82.0 Å². The molecule has 0 bridgehead atoms. The first-order chi connectivity index (χ1) is 12.0. The summed E-state index contributed by atoms with van der Waals surface area (Å²) in [6.07, 6.45) is 4.42. The molecule has 3 atom stereocenters. The summed E-state index contributed by atoms with van der Waals surface area (Å²) in [6.45, 7) is 2.04. The maximum Gasteiger partial charge on any atom is 0.255 e. The van der Waals surface area contributed by atoms with Crippen molar-refractivity contribution in [2.75, 3.05) is 20.2 Å². The molecule has 6 nitrogen and oxygen atoms in total. The van der Waals surface area contributed by atoms with Crippen molar-refractivity contribution in [3.63, 3.8) is 0 Å². The Balaban J connectivity index is 1.73. The van der Waals surface area contributed by atoms with Crippen molar-refractivity contribution in [2.24, 2.45) is 0 Å². The molecule has 2 aliphatic rings. The summed E-state index contributed by atoms with van der Waals surface area (Å²) in [4.78, 5) is 15.0. The lowest BCUT2D eigenvalue weighted by molar-refractivity contribution is 0.00700. The minimum absolute atomic E-state index is 0.104. The first kappa shape index (κ1) is 18.5. The van der Waals surface area contributed by atoms with Crippen LogP contribution < -0.4 is 10.1 Å². The Hall–Kier alpha value is -1.31. The van der Waals surface area contributed by atoms with Crippen LogP contribution in [0.5, 0.6) is 11.5 Å². The van der Waals surface area contributed by atoms with E-state index in [9.17, 15) is 15.0 Å². The molecule has 1 aromatic rings. The van der Waals surface area contributed by atoms with Gasteiger partial charge in [0.2, 0.25) is 0 Å². The summed E-state index contributed by atoms with van der Waals surface area (Å²) in [5, 5.41) is 23.9. The summed E-state index contributed by atoms with van der Waals surface area (Å²) in [7, 11) is 1.44. The minimum atomic E-state index is -0.591. The van der Waals surface area contributed by atoms with Crippen LogP contribution in [0.15, 0.2) is 16.6 Å². The van der Waals surface area contributed by atoms with Gasteiger partial charge in [0, 0.05) is 10.5 Å². The first-order valence-electron chi connectivity index (χ1n) is 8.80. The molecule has 0 aromatic heterocycles. The van der Waals surface area contributed by atoms with Crippen molar-refractivity contribution in [1.82, 2.24) is 10.2 Å². The lowest BCUT2D eigenvalue weighted by Gasteiger charge is -2.40. The van der Waals surface area contributed by atoms with Gasteiger partial charge in [0.05, 0.1) is 24.8 Å². The molecule has 0 spiro atoms. The molecule has 138 valence electrons. The SMILES string of the molecule is COc1cc(Br)cc(C(=O)N[C@@H]2CCC[C@@H](N3CCCC3)[C@@H]2O)c1O. The fraction of sp³-hybridized carbons (Fsp3) is 0.611. The summed E-state index contributed by atoms with van der Waals surface area (Å²) < 4.78 is 5.74. The van der Waals surface area contributed by atoms with E-state index in [0.717, 1.165) is 32.4 Å². The zero-order chi connectivity index (χ0) is 18.0. The highest BCUT2D eigenvalue weighted by Crippen LogP contribution is 2.34. The number of benzene rings is 1. The number of phenolic OH excluding ortho intramolecular Hbond substituents is 1. The maximum atomic E-state index is 12.7. The maximum absolute atomic E-state index is 12.7. The third-order valence-corrected chi connectivity index (χ3v) is 5.71. The normalized spacial score (nSPS) is 27.2. The highest BCUT2D eigenvalue weighted by molar-refractivity contribution is 9.10. The van der Waals surface area contributed by atoms with Crippen LogP contribution in [0.25, 0.3) is 0 Å². The zero-order valence-electron chi connectivity index (χ0n) is 14.4. The van der Waals surface area contributed by atoms with E-state index in [-0.39, 0.29) is 29.1 Å². The van der Waals surface area contributed by atoms with Crippen LogP contribution in [-0.4, -0.2) is 59.4 Å². The Labute approximate surface area is 156 Å². The monoisotopic (exact) mass is 412 g/mol. The van der Waals surface area contributed by atoms with Crippen molar-refractivity contribution in [1.29, 1.82) is 0 Å². The molecule has 3 N–H and O–H groups in total. The molecule has 0 radical (unpaired) electrons. The molecule has 1 aliphatic carbocycles. The Morgan fingerprint density at radius 3 is 2.68 bits per heavy atom. The molecule has 0 unspecified atom stereocenters. The Morgan fingerprint density at radius 1 is 1.28 bits per heavy atom. The van der Waals surface area contributed by atoms with Crippen molar-refractivity contribution < 1.29 is 19.7 Å². The van der Waals surface area contributed by atoms with Gasteiger partial charge in [0.1, 0.15) is 0 Å². The molecule has 7 heteroatoms. The molecular formula is C18H25BrN2O4. The number of nitrogens with zero attached hydrogens (tertiary/aromatic N) is 1. The lowest BCUT2D eigenvalue weighted by Crippen LogP contribution is -2.56. The molecule has 1 heterocycles. The number of aliphatic hydroxyl groups is 1. The van der Waals surface area contributed by atoms with Gasteiger partial charge in [-0.25, -0.2) is 0 Å². The van der Waals surface area contributed by atoms with E-state index in [0.29, 0.717) is 4.47 Å². The standard InChI is InChI=1S/C18H25BrN2O4/c1-25-15-10-11(19)9-12(16(15)22)18(24)20-13-5-4-6-14(17(13)23)21-7-2-3-8-21/h9-10,13-14,17,22-23H,2-8H2,1H3,(H,20,24)/t13-,14-,17-/m1/s1. The van der Waals surface area contributed by atoms with Crippen LogP contribution in [0, 0.1) is 0 Å². The van der Waals surface area contributed by atoms with Gasteiger partial charge < -0.3 is 20.3 Å². The third-order valence-electron chi connectivity index (χ3n) is 5.25. The minimum Gasteiger partial charge on any atom is -0.504 e. The van der Waals surface area contributed by atoms with Crippen LogP contribution >= 0.6 is 15.9 Å². The van der Waals surface area contributed by atoms with Gasteiger partial charge in [-0.3, -0.25) is 9.69 Å². The number of likely N-dealkylation sites (tertiary alicyclic amines) is 1. The van der Waals surface area contributed by atoms with Crippen LogP contribution in [0.3, 0.4) is 0 Å². The molecule has 1 saturated heterocycles. The zero-order valence-corrected chi connectivity index (χ0v) is 16.0. The number of ether oxygens (including phenoxy) is 1. The molecule has 25 heavy (non-hydrogen) atoms. The third kappa shape index (κ3) is 3.93. The number of carbonyl (C=O) groups excluding carboxylic acids is 1.